The average molecular weight is 220 g/mol. The van der Waals surface area contributed by atoms with Crippen LogP contribution in [0, 0.1) is 5.95 Å². The van der Waals surface area contributed by atoms with Crippen molar-refractivity contribution in [3.05, 3.63) is 22.7 Å². The number of hydrogen-bond acceptors (Lipinski definition) is 2. The Balaban J connectivity index is 2.93. The molecule has 1 aromatic rings. The zero-order valence-corrected chi connectivity index (χ0v) is 7.56. The van der Waals surface area contributed by atoms with E-state index < -0.39 is 5.95 Å². The SMILES string of the molecule is CCOc1cc(F)ncc1Br. The molecule has 0 aliphatic rings. The highest BCUT2D eigenvalue weighted by atomic mass is 79.9. The highest BCUT2D eigenvalue weighted by Gasteiger charge is 2.01. The summed E-state index contributed by atoms with van der Waals surface area (Å²) in [6.45, 7) is 2.35. The first-order valence-corrected chi connectivity index (χ1v) is 3.97. The zero-order chi connectivity index (χ0) is 8.27. The van der Waals surface area contributed by atoms with E-state index in [0.29, 0.717) is 16.8 Å². The van der Waals surface area contributed by atoms with Gasteiger partial charge in [-0.25, -0.2) is 4.98 Å². The van der Waals surface area contributed by atoms with Crippen molar-refractivity contribution in [2.75, 3.05) is 6.61 Å². The Morgan fingerprint density at radius 3 is 3.09 bits per heavy atom. The molecule has 0 amide bonds. The molecule has 1 rings (SSSR count). The molecule has 0 atom stereocenters. The molecule has 0 N–H and O–H groups in total. The highest BCUT2D eigenvalue weighted by molar-refractivity contribution is 9.10. The topological polar surface area (TPSA) is 22.1 Å². The van der Waals surface area contributed by atoms with Crippen molar-refractivity contribution >= 4 is 15.9 Å². The lowest BCUT2D eigenvalue weighted by Crippen LogP contribution is -1.94. The monoisotopic (exact) mass is 219 g/mol. The van der Waals surface area contributed by atoms with E-state index in [2.05, 4.69) is 20.9 Å². The number of halogens is 2. The molecule has 0 radical (unpaired) electrons. The van der Waals surface area contributed by atoms with Crippen molar-refractivity contribution in [1.82, 2.24) is 4.98 Å². The third kappa shape index (κ3) is 2.15. The summed E-state index contributed by atoms with van der Waals surface area (Å²) in [5, 5.41) is 0. The molecule has 0 saturated heterocycles. The fourth-order valence-electron chi connectivity index (χ4n) is 0.662. The number of pyridine rings is 1. The predicted molar refractivity (Wildman–Crippen MR) is 43.1 cm³/mol. The fraction of sp³-hybridized carbons (Fsp3) is 0.286. The van der Waals surface area contributed by atoms with Gasteiger partial charge in [0, 0.05) is 12.3 Å². The maximum atomic E-state index is 12.5. The van der Waals surface area contributed by atoms with Gasteiger partial charge in [-0.2, -0.15) is 4.39 Å². The molecule has 4 heteroatoms. The number of nitrogens with zero attached hydrogens (tertiary/aromatic N) is 1. The average Bonchev–Trinajstić information content (AvgIpc) is 1.98. The van der Waals surface area contributed by atoms with Crippen LogP contribution in [-0.2, 0) is 0 Å². The summed E-state index contributed by atoms with van der Waals surface area (Å²) in [6.07, 6.45) is 1.38. The summed E-state index contributed by atoms with van der Waals surface area (Å²) in [6, 6.07) is 1.24. The molecular formula is C7H7BrFNO. The molecule has 1 aromatic heterocycles. The summed E-state index contributed by atoms with van der Waals surface area (Å²) < 4.78 is 18.2. The first-order chi connectivity index (χ1) is 5.24. The summed E-state index contributed by atoms with van der Waals surface area (Å²) in [5.41, 5.74) is 0. The molecule has 0 aromatic carbocycles. The molecule has 0 bridgehead atoms. The van der Waals surface area contributed by atoms with Crippen LogP contribution in [0.15, 0.2) is 16.7 Å². The van der Waals surface area contributed by atoms with Gasteiger partial charge in [0.2, 0.25) is 5.95 Å². The van der Waals surface area contributed by atoms with E-state index in [1.807, 2.05) is 6.92 Å². The van der Waals surface area contributed by atoms with E-state index in [-0.39, 0.29) is 0 Å². The van der Waals surface area contributed by atoms with Gasteiger partial charge in [-0.3, -0.25) is 0 Å². The Kier molecular flexibility index (Phi) is 2.82. The Hall–Kier alpha value is -0.640. The van der Waals surface area contributed by atoms with Crippen molar-refractivity contribution in [2.24, 2.45) is 0 Å². The second-order valence-corrected chi connectivity index (χ2v) is 2.72. The van der Waals surface area contributed by atoms with E-state index in [4.69, 9.17) is 4.74 Å². The third-order valence-corrected chi connectivity index (χ3v) is 1.68. The normalized spacial score (nSPS) is 9.73. The summed E-state index contributed by atoms with van der Waals surface area (Å²) in [4.78, 5) is 3.43. The maximum absolute atomic E-state index is 12.5. The molecule has 0 spiro atoms. The lowest BCUT2D eigenvalue weighted by atomic mass is 10.4. The molecule has 0 aliphatic carbocycles. The quantitative estimate of drug-likeness (QED) is 0.714. The molecule has 0 saturated carbocycles. The number of ether oxygens (including phenoxy) is 1. The molecule has 0 aliphatic heterocycles. The Morgan fingerprint density at radius 1 is 1.73 bits per heavy atom. The van der Waals surface area contributed by atoms with Crippen LogP contribution < -0.4 is 4.74 Å². The minimum absolute atomic E-state index is 0.486. The largest absolute Gasteiger partial charge is 0.492 e. The molecule has 11 heavy (non-hydrogen) atoms. The smallest absolute Gasteiger partial charge is 0.216 e. The van der Waals surface area contributed by atoms with Gasteiger partial charge in [0.25, 0.3) is 0 Å². The van der Waals surface area contributed by atoms with Crippen LogP contribution in [0.2, 0.25) is 0 Å². The van der Waals surface area contributed by atoms with Gasteiger partial charge in [-0.05, 0) is 22.9 Å². The van der Waals surface area contributed by atoms with E-state index in [9.17, 15) is 4.39 Å². The van der Waals surface area contributed by atoms with Gasteiger partial charge < -0.3 is 4.74 Å². The van der Waals surface area contributed by atoms with Gasteiger partial charge in [0.05, 0.1) is 11.1 Å². The van der Waals surface area contributed by atoms with E-state index in [1.165, 1.54) is 12.3 Å². The van der Waals surface area contributed by atoms with Crippen LogP contribution in [0.1, 0.15) is 6.92 Å². The van der Waals surface area contributed by atoms with Gasteiger partial charge in [0.15, 0.2) is 0 Å². The van der Waals surface area contributed by atoms with Crippen LogP contribution in [-0.4, -0.2) is 11.6 Å². The highest BCUT2D eigenvalue weighted by Crippen LogP contribution is 2.23. The molecule has 60 valence electrons. The van der Waals surface area contributed by atoms with Crippen LogP contribution in [0.4, 0.5) is 4.39 Å². The van der Waals surface area contributed by atoms with Crippen molar-refractivity contribution in [1.29, 1.82) is 0 Å². The summed E-state index contributed by atoms with van der Waals surface area (Å²) in [5.74, 6) is -0.0448. The van der Waals surface area contributed by atoms with Crippen molar-refractivity contribution in [2.45, 2.75) is 6.92 Å². The number of aromatic nitrogens is 1. The lowest BCUT2D eigenvalue weighted by Gasteiger charge is -2.03. The molecule has 2 nitrogen and oxygen atoms in total. The number of hydrogen-bond donors (Lipinski definition) is 0. The Morgan fingerprint density at radius 2 is 2.45 bits per heavy atom. The maximum Gasteiger partial charge on any atom is 0.216 e. The minimum Gasteiger partial charge on any atom is -0.492 e. The standard InChI is InChI=1S/C7H7BrFNO/c1-2-11-6-3-7(9)10-4-5(6)8/h3-4H,2H2,1H3. The van der Waals surface area contributed by atoms with E-state index in [1.54, 1.807) is 0 Å². The van der Waals surface area contributed by atoms with Gasteiger partial charge in [-0.1, -0.05) is 0 Å². The van der Waals surface area contributed by atoms with Crippen LogP contribution in [0.25, 0.3) is 0 Å². The van der Waals surface area contributed by atoms with Gasteiger partial charge in [0.1, 0.15) is 5.75 Å². The number of rotatable bonds is 2. The lowest BCUT2D eigenvalue weighted by molar-refractivity contribution is 0.335. The predicted octanol–water partition coefficient (Wildman–Crippen LogP) is 2.38. The first kappa shape index (κ1) is 8.46. The fourth-order valence-corrected chi connectivity index (χ4v) is 0.994. The first-order valence-electron chi connectivity index (χ1n) is 3.18. The molecule has 1 heterocycles. The van der Waals surface area contributed by atoms with E-state index >= 15 is 0 Å². The van der Waals surface area contributed by atoms with Gasteiger partial charge >= 0.3 is 0 Å². The Labute approximate surface area is 72.5 Å². The minimum atomic E-state index is -0.531. The second-order valence-electron chi connectivity index (χ2n) is 1.87. The van der Waals surface area contributed by atoms with Crippen molar-refractivity contribution in [3.8, 4) is 5.75 Å². The van der Waals surface area contributed by atoms with Crippen LogP contribution in [0.3, 0.4) is 0 Å². The van der Waals surface area contributed by atoms with Gasteiger partial charge in [-0.15, -0.1) is 0 Å². The Bertz CT molecular complexity index is 254. The molecule has 0 fully saturated rings. The van der Waals surface area contributed by atoms with Crippen LogP contribution in [0.5, 0.6) is 5.75 Å². The molecular weight excluding hydrogens is 213 g/mol. The third-order valence-electron chi connectivity index (χ3n) is 1.09. The van der Waals surface area contributed by atoms with Crippen molar-refractivity contribution < 1.29 is 9.13 Å². The zero-order valence-electron chi connectivity index (χ0n) is 5.97. The molecule has 0 unspecified atom stereocenters. The van der Waals surface area contributed by atoms with Crippen LogP contribution >= 0.6 is 15.9 Å². The summed E-state index contributed by atoms with van der Waals surface area (Å²) >= 11 is 3.18. The van der Waals surface area contributed by atoms with E-state index in [0.717, 1.165) is 0 Å². The second kappa shape index (κ2) is 3.67. The summed E-state index contributed by atoms with van der Waals surface area (Å²) in [7, 11) is 0. The van der Waals surface area contributed by atoms with Crippen molar-refractivity contribution in [3.63, 3.8) is 0 Å².